The van der Waals surface area contributed by atoms with Crippen molar-refractivity contribution in [2.75, 3.05) is 33.2 Å². The molecule has 124 valence electrons. The van der Waals surface area contributed by atoms with E-state index >= 15 is 0 Å². The van der Waals surface area contributed by atoms with Crippen molar-refractivity contribution < 1.29 is 0 Å². The SMILES string of the molecule is CCNC(=NCC1CCCN1C)NCCc1ccccn1.I. The Hall–Kier alpha value is -0.890. The molecule has 0 aromatic carbocycles. The van der Waals surface area contributed by atoms with Gasteiger partial charge in [-0.05, 0) is 45.5 Å². The third kappa shape index (κ3) is 6.48. The molecule has 22 heavy (non-hydrogen) atoms. The summed E-state index contributed by atoms with van der Waals surface area (Å²) in [6, 6.07) is 6.62. The van der Waals surface area contributed by atoms with Gasteiger partial charge in [0.2, 0.25) is 0 Å². The van der Waals surface area contributed by atoms with E-state index in [1.807, 2.05) is 18.3 Å². The molecule has 0 saturated carbocycles. The molecule has 2 heterocycles. The van der Waals surface area contributed by atoms with Crippen LogP contribution in [0.2, 0.25) is 0 Å². The lowest BCUT2D eigenvalue weighted by Crippen LogP contribution is -2.39. The number of likely N-dealkylation sites (tertiary alicyclic amines) is 1. The molecule has 2 rings (SSSR count). The molecule has 1 aliphatic rings. The lowest BCUT2D eigenvalue weighted by atomic mass is 10.2. The van der Waals surface area contributed by atoms with Gasteiger partial charge in [-0.25, -0.2) is 0 Å². The van der Waals surface area contributed by atoms with Gasteiger partial charge in [0.1, 0.15) is 0 Å². The van der Waals surface area contributed by atoms with E-state index in [1.165, 1.54) is 19.4 Å². The van der Waals surface area contributed by atoms with Crippen LogP contribution in [0.25, 0.3) is 0 Å². The predicted molar refractivity (Wildman–Crippen MR) is 103 cm³/mol. The van der Waals surface area contributed by atoms with Crippen LogP contribution >= 0.6 is 24.0 Å². The van der Waals surface area contributed by atoms with Crippen molar-refractivity contribution in [1.82, 2.24) is 20.5 Å². The van der Waals surface area contributed by atoms with E-state index in [1.54, 1.807) is 0 Å². The quantitative estimate of drug-likeness (QED) is 0.422. The molecule has 0 aliphatic carbocycles. The van der Waals surface area contributed by atoms with E-state index in [4.69, 9.17) is 4.99 Å². The number of nitrogens with one attached hydrogen (secondary N) is 2. The first-order valence-electron chi connectivity index (χ1n) is 7.92. The normalized spacial score (nSPS) is 18.8. The molecule has 0 radical (unpaired) electrons. The minimum Gasteiger partial charge on any atom is -0.357 e. The Morgan fingerprint density at radius 3 is 2.91 bits per heavy atom. The highest BCUT2D eigenvalue weighted by Crippen LogP contribution is 2.14. The Balaban J connectivity index is 0.00000242. The number of aromatic nitrogens is 1. The predicted octanol–water partition coefficient (Wildman–Crippen LogP) is 1.89. The van der Waals surface area contributed by atoms with Crippen LogP contribution in [0.5, 0.6) is 0 Å². The molecule has 1 atom stereocenters. The number of halogens is 1. The molecule has 0 bridgehead atoms. The fourth-order valence-corrected chi connectivity index (χ4v) is 2.60. The first-order chi connectivity index (χ1) is 10.3. The monoisotopic (exact) mass is 417 g/mol. The highest BCUT2D eigenvalue weighted by molar-refractivity contribution is 14.0. The van der Waals surface area contributed by atoms with Gasteiger partial charge in [-0.1, -0.05) is 6.07 Å². The highest BCUT2D eigenvalue weighted by Gasteiger charge is 2.20. The number of aliphatic imine (C=N–C) groups is 1. The summed E-state index contributed by atoms with van der Waals surface area (Å²) >= 11 is 0. The topological polar surface area (TPSA) is 52.6 Å². The number of nitrogens with zero attached hydrogens (tertiary/aromatic N) is 3. The molecule has 5 nitrogen and oxygen atoms in total. The Morgan fingerprint density at radius 2 is 2.27 bits per heavy atom. The summed E-state index contributed by atoms with van der Waals surface area (Å²) in [5.41, 5.74) is 1.11. The number of guanidine groups is 1. The summed E-state index contributed by atoms with van der Waals surface area (Å²) in [6.07, 6.45) is 5.30. The van der Waals surface area contributed by atoms with Crippen molar-refractivity contribution >= 4 is 29.9 Å². The number of hydrogen-bond donors (Lipinski definition) is 2. The van der Waals surface area contributed by atoms with E-state index in [9.17, 15) is 0 Å². The lowest BCUT2D eigenvalue weighted by Gasteiger charge is -2.18. The van der Waals surface area contributed by atoms with Crippen molar-refractivity contribution in [1.29, 1.82) is 0 Å². The van der Waals surface area contributed by atoms with E-state index in [2.05, 4.69) is 40.6 Å². The van der Waals surface area contributed by atoms with Gasteiger partial charge in [0, 0.05) is 37.4 Å². The summed E-state index contributed by atoms with van der Waals surface area (Å²) in [5.74, 6) is 0.911. The maximum absolute atomic E-state index is 4.71. The number of rotatable bonds is 6. The summed E-state index contributed by atoms with van der Waals surface area (Å²) in [6.45, 7) is 5.90. The Kier molecular flexibility index (Phi) is 9.38. The fourth-order valence-electron chi connectivity index (χ4n) is 2.60. The average molecular weight is 417 g/mol. The van der Waals surface area contributed by atoms with Gasteiger partial charge >= 0.3 is 0 Å². The molecular weight excluding hydrogens is 389 g/mol. The number of pyridine rings is 1. The Morgan fingerprint density at radius 1 is 1.41 bits per heavy atom. The van der Waals surface area contributed by atoms with Crippen molar-refractivity contribution in [3.63, 3.8) is 0 Å². The van der Waals surface area contributed by atoms with Gasteiger partial charge in [-0.2, -0.15) is 0 Å². The van der Waals surface area contributed by atoms with Crippen molar-refractivity contribution in [3.8, 4) is 0 Å². The zero-order valence-electron chi connectivity index (χ0n) is 13.6. The second-order valence-electron chi connectivity index (χ2n) is 5.49. The average Bonchev–Trinajstić information content (AvgIpc) is 2.91. The number of hydrogen-bond acceptors (Lipinski definition) is 3. The molecule has 1 fully saturated rings. The molecular formula is C16H28IN5. The summed E-state index contributed by atoms with van der Waals surface area (Å²) in [4.78, 5) is 11.4. The van der Waals surface area contributed by atoms with Crippen LogP contribution in [0, 0.1) is 0 Å². The maximum atomic E-state index is 4.71. The summed E-state index contributed by atoms with van der Waals surface area (Å²) in [7, 11) is 2.19. The third-order valence-electron chi connectivity index (χ3n) is 3.88. The van der Waals surface area contributed by atoms with Crippen LogP contribution in [0.15, 0.2) is 29.4 Å². The minimum absolute atomic E-state index is 0. The second-order valence-corrected chi connectivity index (χ2v) is 5.49. The van der Waals surface area contributed by atoms with Gasteiger partial charge in [-0.3, -0.25) is 9.98 Å². The first-order valence-corrected chi connectivity index (χ1v) is 7.92. The molecule has 1 aliphatic heterocycles. The standard InChI is InChI=1S/C16H27N5.HI/c1-3-17-16(20-13-15-8-6-12-21(15)2)19-11-9-14-7-4-5-10-18-14;/h4-5,7,10,15H,3,6,8-9,11-13H2,1-2H3,(H2,17,19,20);1H. The summed E-state index contributed by atoms with van der Waals surface area (Å²) in [5, 5.41) is 6.70. The van der Waals surface area contributed by atoms with E-state index in [0.717, 1.165) is 37.7 Å². The van der Waals surface area contributed by atoms with E-state index in [-0.39, 0.29) is 24.0 Å². The molecule has 0 spiro atoms. The van der Waals surface area contributed by atoms with Crippen LogP contribution in [-0.2, 0) is 6.42 Å². The largest absolute Gasteiger partial charge is 0.357 e. The van der Waals surface area contributed by atoms with Crippen LogP contribution in [0.4, 0.5) is 0 Å². The van der Waals surface area contributed by atoms with Gasteiger partial charge in [-0.15, -0.1) is 24.0 Å². The van der Waals surface area contributed by atoms with Gasteiger partial charge in [0.05, 0.1) is 6.54 Å². The molecule has 1 unspecified atom stereocenters. The van der Waals surface area contributed by atoms with Crippen LogP contribution in [-0.4, -0.2) is 55.1 Å². The van der Waals surface area contributed by atoms with Gasteiger partial charge in [0.15, 0.2) is 5.96 Å². The Labute approximate surface area is 151 Å². The maximum Gasteiger partial charge on any atom is 0.191 e. The fraction of sp³-hybridized carbons (Fsp3) is 0.625. The van der Waals surface area contributed by atoms with Crippen molar-refractivity contribution in [2.24, 2.45) is 4.99 Å². The second kappa shape index (κ2) is 10.8. The van der Waals surface area contributed by atoms with Crippen molar-refractivity contribution in [2.45, 2.75) is 32.2 Å². The molecule has 1 aromatic heterocycles. The smallest absolute Gasteiger partial charge is 0.191 e. The third-order valence-corrected chi connectivity index (χ3v) is 3.88. The van der Waals surface area contributed by atoms with Crippen LogP contribution < -0.4 is 10.6 Å². The molecule has 6 heteroatoms. The molecule has 0 amide bonds. The highest BCUT2D eigenvalue weighted by atomic mass is 127. The van der Waals surface area contributed by atoms with Crippen molar-refractivity contribution in [3.05, 3.63) is 30.1 Å². The molecule has 1 saturated heterocycles. The van der Waals surface area contributed by atoms with Gasteiger partial charge < -0.3 is 15.5 Å². The zero-order chi connectivity index (χ0) is 14.9. The van der Waals surface area contributed by atoms with Crippen LogP contribution in [0.3, 0.4) is 0 Å². The van der Waals surface area contributed by atoms with E-state index < -0.39 is 0 Å². The number of likely N-dealkylation sites (N-methyl/N-ethyl adjacent to an activating group) is 1. The Bertz CT molecular complexity index is 437. The lowest BCUT2D eigenvalue weighted by molar-refractivity contribution is 0.317. The minimum atomic E-state index is 0. The zero-order valence-corrected chi connectivity index (χ0v) is 15.9. The summed E-state index contributed by atoms with van der Waals surface area (Å²) < 4.78 is 0. The molecule has 2 N–H and O–H groups in total. The molecule has 1 aromatic rings. The first kappa shape index (κ1) is 19.2. The van der Waals surface area contributed by atoms with Gasteiger partial charge in [0.25, 0.3) is 0 Å². The van der Waals surface area contributed by atoms with E-state index in [0.29, 0.717) is 6.04 Å². The van der Waals surface area contributed by atoms with Crippen LogP contribution in [0.1, 0.15) is 25.5 Å².